The Balaban J connectivity index is 1.72. The zero-order chi connectivity index (χ0) is 17.5. The van der Waals surface area contributed by atoms with Crippen molar-refractivity contribution in [3.05, 3.63) is 41.2 Å². The molecule has 0 unspecified atom stereocenters. The SMILES string of the molecule is Cc1n[nH]c(C)c1NC(=O)[C@H]1C[C@H]1c1ccccc1OC(F)(F)F. The number of halogens is 3. The third-order valence-corrected chi connectivity index (χ3v) is 4.05. The van der Waals surface area contributed by atoms with Crippen LogP contribution in [0.4, 0.5) is 18.9 Å². The first-order valence-electron chi connectivity index (χ1n) is 7.43. The molecule has 0 radical (unpaired) electrons. The number of nitrogens with one attached hydrogen (secondary N) is 2. The van der Waals surface area contributed by atoms with Crippen LogP contribution in [0.2, 0.25) is 0 Å². The number of hydrogen-bond donors (Lipinski definition) is 2. The number of ether oxygens (including phenoxy) is 1. The van der Waals surface area contributed by atoms with E-state index in [0.29, 0.717) is 23.4 Å². The Labute approximate surface area is 136 Å². The second-order valence-electron chi connectivity index (χ2n) is 5.83. The Morgan fingerprint density at radius 2 is 2.04 bits per heavy atom. The number of hydrogen-bond acceptors (Lipinski definition) is 3. The van der Waals surface area contributed by atoms with Gasteiger partial charge in [0.05, 0.1) is 17.1 Å². The predicted molar refractivity (Wildman–Crippen MR) is 80.7 cm³/mol. The molecule has 2 atom stereocenters. The zero-order valence-corrected chi connectivity index (χ0v) is 13.1. The number of anilines is 1. The zero-order valence-electron chi connectivity index (χ0n) is 13.1. The maximum atomic E-state index is 12.5. The fraction of sp³-hybridized carbons (Fsp3) is 0.375. The van der Waals surface area contributed by atoms with Gasteiger partial charge in [-0.1, -0.05) is 18.2 Å². The highest BCUT2D eigenvalue weighted by Gasteiger charge is 2.46. The number of aromatic nitrogens is 2. The number of carbonyl (C=O) groups is 1. The average Bonchev–Trinajstić information content (AvgIpc) is 3.23. The quantitative estimate of drug-likeness (QED) is 0.893. The lowest BCUT2D eigenvalue weighted by Crippen LogP contribution is -2.18. The summed E-state index contributed by atoms with van der Waals surface area (Å²) in [5.74, 6) is -1.14. The third kappa shape index (κ3) is 3.37. The lowest BCUT2D eigenvalue weighted by Gasteiger charge is -2.13. The first-order chi connectivity index (χ1) is 11.3. The van der Waals surface area contributed by atoms with Crippen molar-refractivity contribution in [2.45, 2.75) is 32.5 Å². The fourth-order valence-corrected chi connectivity index (χ4v) is 2.78. The van der Waals surface area contributed by atoms with Crippen molar-refractivity contribution in [3.8, 4) is 5.75 Å². The van der Waals surface area contributed by atoms with E-state index >= 15 is 0 Å². The third-order valence-electron chi connectivity index (χ3n) is 4.05. The van der Waals surface area contributed by atoms with Crippen LogP contribution in [0.3, 0.4) is 0 Å². The number of H-pyrrole nitrogens is 1. The summed E-state index contributed by atoms with van der Waals surface area (Å²) in [6, 6.07) is 5.93. The van der Waals surface area contributed by atoms with Crippen molar-refractivity contribution in [2.24, 2.45) is 5.92 Å². The Kier molecular flexibility index (Phi) is 3.98. The molecule has 24 heavy (non-hydrogen) atoms. The van der Waals surface area contributed by atoms with E-state index < -0.39 is 6.36 Å². The fourth-order valence-electron chi connectivity index (χ4n) is 2.78. The highest BCUT2D eigenvalue weighted by molar-refractivity contribution is 5.96. The van der Waals surface area contributed by atoms with E-state index in [4.69, 9.17) is 0 Å². The molecule has 1 heterocycles. The van der Waals surface area contributed by atoms with Gasteiger partial charge >= 0.3 is 6.36 Å². The van der Waals surface area contributed by atoms with Gasteiger partial charge in [0.15, 0.2) is 0 Å². The van der Waals surface area contributed by atoms with Gasteiger partial charge in [-0.25, -0.2) is 0 Å². The lowest BCUT2D eigenvalue weighted by atomic mass is 10.1. The van der Waals surface area contributed by atoms with Crippen LogP contribution in [0.1, 0.15) is 29.3 Å². The molecule has 0 bridgehead atoms. The molecule has 0 saturated heterocycles. The van der Waals surface area contributed by atoms with Crippen molar-refractivity contribution in [1.82, 2.24) is 10.2 Å². The topological polar surface area (TPSA) is 67.0 Å². The Morgan fingerprint density at radius 1 is 1.33 bits per heavy atom. The lowest BCUT2D eigenvalue weighted by molar-refractivity contribution is -0.274. The van der Waals surface area contributed by atoms with Crippen LogP contribution >= 0.6 is 0 Å². The number of rotatable bonds is 4. The first kappa shape index (κ1) is 16.4. The molecule has 3 rings (SSSR count). The smallest absolute Gasteiger partial charge is 0.405 e. The highest BCUT2D eigenvalue weighted by Crippen LogP contribution is 2.51. The molecule has 1 saturated carbocycles. The van der Waals surface area contributed by atoms with Crippen LogP contribution in [0.25, 0.3) is 0 Å². The Bertz CT molecular complexity index is 751. The van der Waals surface area contributed by atoms with Crippen molar-refractivity contribution in [2.75, 3.05) is 5.32 Å². The molecular weight excluding hydrogens is 323 g/mol. The largest absolute Gasteiger partial charge is 0.573 e. The predicted octanol–water partition coefficient (Wildman–Crippen LogP) is 3.67. The molecule has 1 fully saturated rings. The minimum absolute atomic E-state index is 0.227. The maximum absolute atomic E-state index is 12.5. The molecule has 1 aliphatic carbocycles. The minimum atomic E-state index is -4.76. The van der Waals surface area contributed by atoms with E-state index in [-0.39, 0.29) is 23.5 Å². The normalized spacial score (nSPS) is 19.9. The summed E-state index contributed by atoms with van der Waals surface area (Å²) in [6.45, 7) is 3.54. The second kappa shape index (κ2) is 5.85. The summed E-state index contributed by atoms with van der Waals surface area (Å²) in [6.07, 6.45) is -4.27. The molecule has 0 spiro atoms. The van der Waals surface area contributed by atoms with E-state index in [1.54, 1.807) is 26.0 Å². The molecule has 1 aromatic carbocycles. The first-order valence-corrected chi connectivity index (χ1v) is 7.43. The molecule has 128 valence electrons. The van der Waals surface area contributed by atoms with Crippen molar-refractivity contribution in [1.29, 1.82) is 0 Å². The molecule has 0 aliphatic heterocycles. The number of carbonyl (C=O) groups excluding carboxylic acids is 1. The van der Waals surface area contributed by atoms with Crippen LogP contribution in [-0.2, 0) is 4.79 Å². The highest BCUT2D eigenvalue weighted by atomic mass is 19.4. The number of benzene rings is 1. The van der Waals surface area contributed by atoms with Crippen LogP contribution in [0.5, 0.6) is 5.75 Å². The van der Waals surface area contributed by atoms with Gasteiger partial charge in [0.1, 0.15) is 5.75 Å². The molecule has 8 heteroatoms. The van der Waals surface area contributed by atoms with E-state index in [1.807, 2.05) is 0 Å². The average molecular weight is 339 g/mol. The number of amides is 1. The van der Waals surface area contributed by atoms with Gasteiger partial charge in [-0.15, -0.1) is 13.2 Å². The molecule has 1 aliphatic rings. The van der Waals surface area contributed by atoms with Gasteiger partial charge in [0, 0.05) is 5.92 Å². The van der Waals surface area contributed by atoms with Crippen LogP contribution in [-0.4, -0.2) is 22.5 Å². The van der Waals surface area contributed by atoms with E-state index in [9.17, 15) is 18.0 Å². The van der Waals surface area contributed by atoms with E-state index in [1.165, 1.54) is 12.1 Å². The van der Waals surface area contributed by atoms with Crippen LogP contribution in [0.15, 0.2) is 24.3 Å². The van der Waals surface area contributed by atoms with Gasteiger partial charge in [-0.2, -0.15) is 5.10 Å². The second-order valence-corrected chi connectivity index (χ2v) is 5.83. The van der Waals surface area contributed by atoms with Gasteiger partial charge in [-0.05, 0) is 37.8 Å². The number of aryl methyl sites for hydroxylation is 2. The molecule has 2 N–H and O–H groups in total. The van der Waals surface area contributed by atoms with Crippen molar-refractivity contribution in [3.63, 3.8) is 0 Å². The molecule has 1 aromatic heterocycles. The van der Waals surface area contributed by atoms with Crippen molar-refractivity contribution < 1.29 is 22.7 Å². The molecule has 1 amide bonds. The standard InChI is InChI=1S/C16H16F3N3O2/c1-8-14(9(2)22-21-8)20-15(23)12-7-11(12)10-5-3-4-6-13(10)24-16(17,18)19/h3-6,11-12H,7H2,1-2H3,(H,20,23)(H,21,22)/t11-,12-/m0/s1. The van der Waals surface area contributed by atoms with Gasteiger partial charge in [0.2, 0.25) is 5.91 Å². The van der Waals surface area contributed by atoms with Gasteiger partial charge < -0.3 is 10.1 Å². The number of para-hydroxylation sites is 1. The van der Waals surface area contributed by atoms with Crippen LogP contribution in [0, 0.1) is 19.8 Å². The summed E-state index contributed by atoms with van der Waals surface area (Å²) in [5.41, 5.74) is 2.42. The van der Waals surface area contributed by atoms with Gasteiger partial charge in [-0.3, -0.25) is 9.89 Å². The number of aromatic amines is 1. The van der Waals surface area contributed by atoms with Crippen LogP contribution < -0.4 is 10.1 Å². The summed E-state index contributed by atoms with van der Waals surface area (Å²) < 4.78 is 41.5. The molecule has 5 nitrogen and oxygen atoms in total. The Hall–Kier alpha value is -2.51. The van der Waals surface area contributed by atoms with Crippen molar-refractivity contribution >= 4 is 11.6 Å². The summed E-state index contributed by atoms with van der Waals surface area (Å²) >= 11 is 0. The summed E-state index contributed by atoms with van der Waals surface area (Å²) in [5, 5.41) is 9.56. The van der Waals surface area contributed by atoms with Gasteiger partial charge in [0.25, 0.3) is 0 Å². The summed E-state index contributed by atoms with van der Waals surface area (Å²) in [7, 11) is 0. The molecule has 2 aromatic rings. The Morgan fingerprint density at radius 3 is 2.67 bits per heavy atom. The maximum Gasteiger partial charge on any atom is 0.573 e. The number of nitrogens with zero attached hydrogens (tertiary/aromatic N) is 1. The summed E-state index contributed by atoms with van der Waals surface area (Å²) in [4.78, 5) is 12.3. The minimum Gasteiger partial charge on any atom is -0.405 e. The van der Waals surface area contributed by atoms with E-state index in [0.717, 1.165) is 5.69 Å². The monoisotopic (exact) mass is 339 g/mol. The molecular formula is C16H16F3N3O2. The van der Waals surface area contributed by atoms with E-state index in [2.05, 4.69) is 20.3 Å². The number of alkyl halides is 3.